The van der Waals surface area contributed by atoms with Crippen molar-refractivity contribution >= 4 is 21.6 Å². The molecule has 0 aromatic heterocycles. The van der Waals surface area contributed by atoms with E-state index >= 15 is 0 Å². The monoisotopic (exact) mass is 528 g/mol. The Morgan fingerprint density at radius 3 is 2.70 bits per heavy atom. The topological polar surface area (TPSA) is 107 Å². The summed E-state index contributed by atoms with van der Waals surface area (Å²) in [5.74, 6) is -0.803. The predicted octanol–water partition coefficient (Wildman–Crippen LogP) is 3.85. The van der Waals surface area contributed by atoms with E-state index in [0.717, 1.165) is 30.4 Å². The van der Waals surface area contributed by atoms with Gasteiger partial charge in [-0.1, -0.05) is 31.2 Å². The Labute approximate surface area is 219 Å². The highest BCUT2D eigenvalue weighted by Crippen LogP contribution is 2.37. The SMILES string of the molecule is C[C@@H]1CN([C@@H](C)CO)S(=O)(=O)c2ccc(C3=CCCC3)cc2O[C@H]1CN(C)Cc1cccc(C(=O)O)c1. The molecule has 8 nitrogen and oxygen atoms in total. The van der Waals surface area contributed by atoms with Crippen molar-refractivity contribution in [1.29, 1.82) is 0 Å². The zero-order valence-corrected chi connectivity index (χ0v) is 22.4. The van der Waals surface area contributed by atoms with Gasteiger partial charge in [-0.2, -0.15) is 4.31 Å². The first kappa shape index (κ1) is 27.3. The Hall–Kier alpha value is -2.72. The first-order valence-electron chi connectivity index (χ1n) is 12.7. The van der Waals surface area contributed by atoms with Crippen LogP contribution >= 0.6 is 0 Å². The maximum atomic E-state index is 13.7. The molecule has 0 bridgehead atoms. The molecule has 0 fully saturated rings. The zero-order chi connectivity index (χ0) is 26.7. The fourth-order valence-corrected chi connectivity index (χ4v) is 6.89. The third-order valence-electron chi connectivity index (χ3n) is 7.20. The summed E-state index contributed by atoms with van der Waals surface area (Å²) in [5.41, 5.74) is 3.28. The number of aliphatic hydroxyl groups is 1. The molecule has 0 saturated heterocycles. The average Bonchev–Trinajstić information content (AvgIpc) is 3.40. The first-order chi connectivity index (χ1) is 17.6. The molecule has 0 unspecified atom stereocenters. The van der Waals surface area contributed by atoms with Gasteiger partial charge in [0.1, 0.15) is 16.7 Å². The van der Waals surface area contributed by atoms with E-state index in [2.05, 4.69) is 11.0 Å². The highest BCUT2D eigenvalue weighted by atomic mass is 32.2. The van der Waals surface area contributed by atoms with Crippen molar-refractivity contribution in [1.82, 2.24) is 9.21 Å². The normalized spacial score (nSPS) is 22.5. The Balaban J connectivity index is 1.66. The third-order valence-corrected chi connectivity index (χ3v) is 9.22. The van der Waals surface area contributed by atoms with E-state index in [1.165, 1.54) is 9.88 Å². The van der Waals surface area contributed by atoms with Crippen LogP contribution in [0.5, 0.6) is 5.75 Å². The van der Waals surface area contributed by atoms with Gasteiger partial charge in [-0.05, 0) is 74.2 Å². The van der Waals surface area contributed by atoms with E-state index in [9.17, 15) is 23.4 Å². The zero-order valence-electron chi connectivity index (χ0n) is 21.6. The van der Waals surface area contributed by atoms with Crippen molar-refractivity contribution in [3.63, 3.8) is 0 Å². The van der Waals surface area contributed by atoms with E-state index in [0.29, 0.717) is 18.8 Å². The van der Waals surface area contributed by atoms with Crippen molar-refractivity contribution in [2.24, 2.45) is 5.92 Å². The molecular weight excluding hydrogens is 492 g/mol. The van der Waals surface area contributed by atoms with Gasteiger partial charge in [0.05, 0.1) is 12.2 Å². The first-order valence-corrected chi connectivity index (χ1v) is 14.2. The summed E-state index contributed by atoms with van der Waals surface area (Å²) in [6.07, 6.45) is 4.92. The largest absolute Gasteiger partial charge is 0.487 e. The number of carbonyl (C=O) groups is 1. The van der Waals surface area contributed by atoms with Crippen LogP contribution in [0.2, 0.25) is 0 Å². The van der Waals surface area contributed by atoms with Crippen molar-refractivity contribution in [2.45, 2.75) is 56.7 Å². The summed E-state index contributed by atoms with van der Waals surface area (Å²) >= 11 is 0. The number of carboxylic acid groups (broad SMARTS) is 1. The van der Waals surface area contributed by atoms with Gasteiger partial charge >= 0.3 is 5.97 Å². The fourth-order valence-electron chi connectivity index (χ4n) is 5.06. The lowest BCUT2D eigenvalue weighted by molar-refractivity contribution is 0.0693. The standard InChI is InChI=1S/C28H36N2O6S/c1-19-15-30(20(2)18-31)37(34,35)27-12-11-23(22-8-4-5-9-22)14-25(27)36-26(19)17-29(3)16-21-7-6-10-24(13-21)28(32)33/h6-8,10-14,19-20,26,31H,4-5,9,15-18H2,1-3H3,(H,32,33)/t19-,20+,26+/m1/s1. The number of aliphatic hydroxyl groups excluding tert-OH is 1. The number of nitrogens with zero attached hydrogens (tertiary/aromatic N) is 2. The molecule has 2 aliphatic rings. The molecule has 2 aromatic carbocycles. The molecule has 3 atom stereocenters. The second kappa shape index (κ2) is 11.3. The summed E-state index contributed by atoms with van der Waals surface area (Å²) < 4.78 is 35.2. The summed E-state index contributed by atoms with van der Waals surface area (Å²) in [6, 6.07) is 11.6. The molecule has 0 radical (unpaired) electrons. The smallest absolute Gasteiger partial charge is 0.335 e. The molecule has 37 heavy (non-hydrogen) atoms. The number of benzene rings is 2. The van der Waals surface area contributed by atoms with Crippen LogP contribution in [0.1, 0.15) is 54.6 Å². The highest BCUT2D eigenvalue weighted by Gasteiger charge is 2.38. The molecule has 1 heterocycles. The average molecular weight is 529 g/mol. The molecule has 2 aromatic rings. The quantitative estimate of drug-likeness (QED) is 0.536. The van der Waals surface area contributed by atoms with E-state index in [4.69, 9.17) is 4.74 Å². The predicted molar refractivity (Wildman–Crippen MR) is 142 cm³/mol. The van der Waals surface area contributed by atoms with Gasteiger partial charge in [0.15, 0.2) is 0 Å². The van der Waals surface area contributed by atoms with Gasteiger partial charge in [-0.3, -0.25) is 4.90 Å². The number of rotatable bonds is 8. The van der Waals surface area contributed by atoms with Gasteiger partial charge in [0.25, 0.3) is 0 Å². The summed E-state index contributed by atoms with van der Waals surface area (Å²) in [5, 5.41) is 19.2. The minimum absolute atomic E-state index is 0.115. The van der Waals surface area contributed by atoms with E-state index in [1.54, 1.807) is 31.2 Å². The molecule has 1 aliphatic carbocycles. The number of allylic oxidation sites excluding steroid dienone is 2. The van der Waals surface area contributed by atoms with Crippen molar-refractivity contribution < 1.29 is 28.2 Å². The summed E-state index contributed by atoms with van der Waals surface area (Å²) in [6.45, 7) is 4.63. The molecule has 200 valence electrons. The number of hydrogen-bond acceptors (Lipinski definition) is 6. The van der Waals surface area contributed by atoms with Gasteiger partial charge < -0.3 is 14.9 Å². The molecule has 0 spiro atoms. The van der Waals surface area contributed by atoms with E-state index < -0.39 is 22.0 Å². The molecule has 0 saturated carbocycles. The lowest BCUT2D eigenvalue weighted by Crippen LogP contribution is -2.49. The van der Waals surface area contributed by atoms with Crippen LogP contribution < -0.4 is 4.74 Å². The minimum atomic E-state index is -3.88. The number of carboxylic acids is 1. The second-order valence-corrected chi connectivity index (χ2v) is 12.1. The lowest BCUT2D eigenvalue weighted by Gasteiger charge is -2.37. The van der Waals surface area contributed by atoms with E-state index in [-0.39, 0.29) is 35.6 Å². The van der Waals surface area contributed by atoms with Gasteiger partial charge in [-0.25, -0.2) is 13.2 Å². The van der Waals surface area contributed by atoms with Crippen LogP contribution in [0.3, 0.4) is 0 Å². The maximum absolute atomic E-state index is 13.7. The van der Waals surface area contributed by atoms with Crippen LogP contribution in [0.4, 0.5) is 0 Å². The molecule has 9 heteroatoms. The highest BCUT2D eigenvalue weighted by molar-refractivity contribution is 7.89. The molecule has 0 amide bonds. The van der Waals surface area contributed by atoms with Crippen LogP contribution in [-0.2, 0) is 16.6 Å². The molecule has 4 rings (SSSR count). The summed E-state index contributed by atoms with van der Waals surface area (Å²) in [4.78, 5) is 13.5. The van der Waals surface area contributed by atoms with Crippen LogP contribution in [-0.4, -0.2) is 72.7 Å². The second-order valence-electron chi connectivity index (χ2n) is 10.2. The number of likely N-dealkylation sites (N-methyl/N-ethyl adjacent to an activating group) is 1. The van der Waals surface area contributed by atoms with Gasteiger partial charge in [0.2, 0.25) is 10.0 Å². The van der Waals surface area contributed by atoms with Gasteiger partial charge in [0, 0.05) is 31.6 Å². The maximum Gasteiger partial charge on any atom is 0.335 e. The Morgan fingerprint density at radius 2 is 2.03 bits per heavy atom. The van der Waals surface area contributed by atoms with Crippen LogP contribution in [0.25, 0.3) is 5.57 Å². The number of ether oxygens (including phenoxy) is 1. The van der Waals surface area contributed by atoms with Crippen LogP contribution in [0, 0.1) is 5.92 Å². The molecular formula is C28H36N2O6S. The number of hydrogen-bond donors (Lipinski definition) is 2. The third kappa shape index (κ3) is 6.06. The fraction of sp³-hybridized carbons (Fsp3) is 0.464. The number of fused-ring (bicyclic) bond motifs is 1. The van der Waals surface area contributed by atoms with Crippen molar-refractivity contribution in [3.05, 3.63) is 65.2 Å². The molecule has 1 aliphatic heterocycles. The molecule has 2 N–H and O–H groups in total. The Bertz CT molecular complexity index is 1280. The lowest BCUT2D eigenvalue weighted by atomic mass is 10.0. The van der Waals surface area contributed by atoms with Crippen molar-refractivity contribution in [2.75, 3.05) is 26.7 Å². The summed E-state index contributed by atoms with van der Waals surface area (Å²) in [7, 11) is -1.94. The van der Waals surface area contributed by atoms with Crippen LogP contribution in [0.15, 0.2) is 53.4 Å². The van der Waals surface area contributed by atoms with Gasteiger partial charge in [-0.15, -0.1) is 0 Å². The van der Waals surface area contributed by atoms with Crippen molar-refractivity contribution in [3.8, 4) is 5.75 Å². The van der Waals surface area contributed by atoms with E-state index in [1.807, 2.05) is 32.2 Å². The number of sulfonamides is 1. The number of aromatic carboxylic acids is 1. The Morgan fingerprint density at radius 1 is 1.24 bits per heavy atom. The minimum Gasteiger partial charge on any atom is -0.487 e. The Kier molecular flexibility index (Phi) is 8.38.